The summed E-state index contributed by atoms with van der Waals surface area (Å²) in [4.78, 5) is 12.9. The quantitative estimate of drug-likeness (QED) is 0.467. The maximum absolute atomic E-state index is 13.6. The fourth-order valence-electron chi connectivity index (χ4n) is 4.08. The Labute approximate surface area is 174 Å². The summed E-state index contributed by atoms with van der Waals surface area (Å²) in [5.41, 5.74) is 3.15. The second kappa shape index (κ2) is 6.25. The van der Waals surface area contributed by atoms with Crippen LogP contribution in [0.15, 0.2) is 48.7 Å². The second-order valence-corrected chi connectivity index (χ2v) is 9.48. The van der Waals surface area contributed by atoms with Crippen molar-refractivity contribution in [2.75, 3.05) is 13.2 Å². The number of hydrogen-bond acceptors (Lipinski definition) is 3. The van der Waals surface area contributed by atoms with E-state index in [1.165, 1.54) is 16.8 Å². The molecule has 4 aromatic rings. The molecule has 0 radical (unpaired) electrons. The van der Waals surface area contributed by atoms with Crippen LogP contribution in [0.4, 0.5) is 4.39 Å². The molecule has 0 atom stereocenters. The van der Waals surface area contributed by atoms with Crippen LogP contribution in [0.25, 0.3) is 27.5 Å². The van der Waals surface area contributed by atoms with E-state index >= 15 is 0 Å². The Bertz CT molecular complexity index is 1290. The van der Waals surface area contributed by atoms with Gasteiger partial charge in [-0.2, -0.15) is 9.78 Å². The zero-order chi connectivity index (χ0) is 21.3. The molecule has 1 aliphatic rings. The molecule has 6 heteroatoms. The van der Waals surface area contributed by atoms with Gasteiger partial charge in [-0.25, -0.2) is 4.39 Å². The van der Waals surface area contributed by atoms with Gasteiger partial charge in [0.05, 0.1) is 35.9 Å². The van der Waals surface area contributed by atoms with E-state index < -0.39 is 5.41 Å². The van der Waals surface area contributed by atoms with Crippen molar-refractivity contribution in [1.82, 2.24) is 14.3 Å². The normalized spacial score (nSPS) is 16.2. The zero-order valence-corrected chi connectivity index (χ0v) is 17.6. The van der Waals surface area contributed by atoms with Gasteiger partial charge in [0.1, 0.15) is 5.82 Å². The molecule has 154 valence electrons. The van der Waals surface area contributed by atoms with Gasteiger partial charge < -0.3 is 9.30 Å². The van der Waals surface area contributed by atoms with Gasteiger partial charge in [-0.15, -0.1) is 0 Å². The maximum atomic E-state index is 13.6. The van der Waals surface area contributed by atoms with E-state index in [9.17, 15) is 9.18 Å². The van der Waals surface area contributed by atoms with E-state index in [0.29, 0.717) is 13.2 Å². The van der Waals surface area contributed by atoms with Gasteiger partial charge in [-0.1, -0.05) is 20.8 Å². The van der Waals surface area contributed by atoms with Crippen molar-refractivity contribution in [3.63, 3.8) is 0 Å². The first-order valence-corrected chi connectivity index (χ1v) is 10.1. The molecule has 1 saturated heterocycles. The van der Waals surface area contributed by atoms with Gasteiger partial charge in [0.15, 0.2) is 0 Å². The monoisotopic (exact) mass is 405 g/mol. The van der Waals surface area contributed by atoms with Gasteiger partial charge >= 0.3 is 0 Å². The Kier molecular flexibility index (Phi) is 3.96. The lowest BCUT2D eigenvalue weighted by Gasteiger charge is -2.39. The van der Waals surface area contributed by atoms with Crippen molar-refractivity contribution < 1.29 is 13.9 Å². The van der Waals surface area contributed by atoms with Gasteiger partial charge in [-0.05, 0) is 49.4 Å². The highest BCUT2D eigenvalue weighted by Gasteiger charge is 2.39. The lowest BCUT2D eigenvalue weighted by atomic mass is 9.84. The van der Waals surface area contributed by atoms with Crippen molar-refractivity contribution in [3.05, 3.63) is 60.2 Å². The van der Waals surface area contributed by atoms with Crippen LogP contribution in [0, 0.1) is 11.2 Å². The summed E-state index contributed by atoms with van der Waals surface area (Å²) in [6.07, 6.45) is 1.73. The van der Waals surface area contributed by atoms with Crippen LogP contribution in [0.1, 0.15) is 38.2 Å². The highest BCUT2D eigenvalue weighted by molar-refractivity contribution is 6.01. The number of carbonyl (C=O) groups is 1. The molecule has 0 unspecified atom stereocenters. The van der Waals surface area contributed by atoms with Crippen LogP contribution in [0.5, 0.6) is 0 Å². The minimum atomic E-state index is -0.532. The summed E-state index contributed by atoms with van der Waals surface area (Å²) in [5.74, 6) is -0.311. The number of halogens is 1. The molecule has 5 rings (SSSR count). The summed E-state index contributed by atoms with van der Waals surface area (Å²) in [6, 6.07) is 12.8. The molecule has 0 aliphatic carbocycles. The fourth-order valence-corrected chi connectivity index (χ4v) is 4.08. The molecule has 0 spiro atoms. The minimum Gasteiger partial charge on any atom is -0.379 e. The third kappa shape index (κ3) is 2.78. The van der Waals surface area contributed by atoms with E-state index in [1.807, 2.05) is 26.8 Å². The first-order chi connectivity index (χ1) is 14.2. The molecular formula is C24H24FN3O2. The average molecular weight is 405 g/mol. The summed E-state index contributed by atoms with van der Waals surface area (Å²) < 4.78 is 22.7. The first kappa shape index (κ1) is 19.0. The van der Waals surface area contributed by atoms with Gasteiger partial charge in [0, 0.05) is 27.6 Å². The van der Waals surface area contributed by atoms with Crippen molar-refractivity contribution in [2.24, 2.45) is 5.41 Å². The van der Waals surface area contributed by atoms with Crippen molar-refractivity contribution in [1.29, 1.82) is 0 Å². The third-order valence-electron chi connectivity index (χ3n) is 5.87. The Morgan fingerprint density at radius 1 is 1.07 bits per heavy atom. The zero-order valence-electron chi connectivity index (χ0n) is 17.6. The summed E-state index contributed by atoms with van der Waals surface area (Å²) in [5, 5.41) is 6.27. The number of aromatic nitrogens is 3. The van der Waals surface area contributed by atoms with Crippen LogP contribution in [0.3, 0.4) is 0 Å². The topological polar surface area (TPSA) is 49.1 Å². The summed E-state index contributed by atoms with van der Waals surface area (Å²) in [6.45, 7) is 9.13. The highest BCUT2D eigenvalue weighted by Crippen LogP contribution is 2.39. The highest BCUT2D eigenvalue weighted by atomic mass is 19.1. The number of nitrogens with zero attached hydrogens (tertiary/aromatic N) is 3. The van der Waals surface area contributed by atoms with Crippen LogP contribution in [-0.2, 0) is 10.2 Å². The van der Waals surface area contributed by atoms with Crippen molar-refractivity contribution >= 4 is 27.7 Å². The number of rotatable bonds is 2. The maximum Gasteiger partial charge on any atom is 0.252 e. The lowest BCUT2D eigenvalue weighted by molar-refractivity contribution is -0.0526. The van der Waals surface area contributed by atoms with Gasteiger partial charge in [0.25, 0.3) is 5.91 Å². The Morgan fingerprint density at radius 2 is 1.73 bits per heavy atom. The third-order valence-corrected chi connectivity index (χ3v) is 5.87. The molecule has 0 bridgehead atoms. The van der Waals surface area contributed by atoms with E-state index in [-0.39, 0.29) is 17.1 Å². The smallest absolute Gasteiger partial charge is 0.252 e. The number of benzene rings is 2. The first-order valence-electron chi connectivity index (χ1n) is 10.1. The van der Waals surface area contributed by atoms with Gasteiger partial charge in [0.2, 0.25) is 0 Å². The van der Waals surface area contributed by atoms with Crippen LogP contribution >= 0.6 is 0 Å². The van der Waals surface area contributed by atoms with E-state index in [0.717, 1.165) is 33.2 Å². The molecule has 30 heavy (non-hydrogen) atoms. The van der Waals surface area contributed by atoms with E-state index in [4.69, 9.17) is 4.74 Å². The fraction of sp³-hybridized carbons (Fsp3) is 0.333. The second-order valence-electron chi connectivity index (χ2n) is 9.48. The predicted molar refractivity (Wildman–Crippen MR) is 115 cm³/mol. The molecule has 1 fully saturated rings. The predicted octanol–water partition coefficient (Wildman–Crippen LogP) is 5.09. The van der Waals surface area contributed by atoms with Crippen LogP contribution < -0.4 is 0 Å². The summed E-state index contributed by atoms with van der Waals surface area (Å²) in [7, 11) is 0. The largest absolute Gasteiger partial charge is 0.379 e. The molecule has 0 amide bonds. The minimum absolute atomic E-state index is 0.0469. The van der Waals surface area contributed by atoms with Crippen molar-refractivity contribution in [2.45, 2.75) is 33.1 Å². The molecule has 0 N–H and O–H groups in total. The van der Waals surface area contributed by atoms with Crippen LogP contribution in [0.2, 0.25) is 0 Å². The molecule has 3 heterocycles. The molecular weight excluding hydrogens is 381 g/mol. The van der Waals surface area contributed by atoms with Crippen LogP contribution in [-0.4, -0.2) is 33.5 Å². The number of carbonyl (C=O) groups excluding carboxylic acids is 1. The Morgan fingerprint density at radius 3 is 2.33 bits per heavy atom. The molecule has 5 nitrogen and oxygen atoms in total. The summed E-state index contributed by atoms with van der Waals surface area (Å²) >= 11 is 0. The van der Waals surface area contributed by atoms with Crippen molar-refractivity contribution in [3.8, 4) is 5.69 Å². The van der Waals surface area contributed by atoms with Gasteiger partial charge in [-0.3, -0.25) is 4.79 Å². The molecule has 2 aromatic heterocycles. The van der Waals surface area contributed by atoms with E-state index in [1.54, 1.807) is 18.3 Å². The standard InChI is InChI=1S/C24H24FN3O2/c1-23(2,3)22(29)28-20-9-15-11-21(24(4)13-30-14-24)27(18-7-5-17(25)6-8-18)19(15)10-16(20)12-26-28/h5-12H,13-14H2,1-4H3. The lowest BCUT2D eigenvalue weighted by Crippen LogP contribution is -2.45. The Hall–Kier alpha value is -2.99. The van der Waals surface area contributed by atoms with E-state index in [2.05, 4.69) is 28.7 Å². The SMILES string of the molecule is CC(C)(C)C(=O)n1ncc2cc3c(cc(C4(C)COC4)n3-c3ccc(F)cc3)cc21. The average Bonchev–Trinajstić information content (AvgIpc) is 3.24. The molecule has 0 saturated carbocycles. The number of ether oxygens (including phenoxy) is 1. The number of hydrogen-bond donors (Lipinski definition) is 0. The Balaban J connectivity index is 1.78. The molecule has 1 aliphatic heterocycles. The molecule has 2 aromatic carbocycles. The number of fused-ring (bicyclic) bond motifs is 2.